The molecule has 0 saturated heterocycles. The third kappa shape index (κ3) is 6.44. The Morgan fingerprint density at radius 3 is 2.44 bits per heavy atom. The second-order valence-corrected chi connectivity index (χ2v) is 10.2. The second kappa shape index (κ2) is 10.3. The molecular formula is C24H25F3N2O3S2. The number of ether oxygens (including phenoxy) is 1. The molecule has 10 heteroatoms. The molecule has 0 aliphatic rings. The van der Waals surface area contributed by atoms with Crippen molar-refractivity contribution in [2.45, 2.75) is 44.4 Å². The molecule has 0 atom stereocenters. The number of rotatable bonds is 9. The Morgan fingerprint density at radius 2 is 1.82 bits per heavy atom. The van der Waals surface area contributed by atoms with Crippen LogP contribution >= 0.6 is 23.1 Å². The minimum atomic E-state index is -4.36. The van der Waals surface area contributed by atoms with Gasteiger partial charge in [-0.25, -0.2) is 9.78 Å². The lowest BCUT2D eigenvalue weighted by molar-refractivity contribution is -0.152. The molecule has 0 spiro atoms. The maximum atomic E-state index is 12.7. The van der Waals surface area contributed by atoms with Gasteiger partial charge in [-0.15, -0.1) is 23.1 Å². The molecule has 182 valence electrons. The summed E-state index contributed by atoms with van der Waals surface area (Å²) >= 11 is 3.05. The van der Waals surface area contributed by atoms with Gasteiger partial charge >= 0.3 is 12.1 Å². The minimum absolute atomic E-state index is 0.547. The summed E-state index contributed by atoms with van der Waals surface area (Å²) in [5, 5.41) is 15.0. The van der Waals surface area contributed by atoms with Crippen molar-refractivity contribution >= 4 is 34.2 Å². The van der Waals surface area contributed by atoms with Gasteiger partial charge in [0.2, 0.25) is 0 Å². The van der Waals surface area contributed by atoms with Gasteiger partial charge in [0.1, 0.15) is 5.75 Å². The third-order valence-corrected chi connectivity index (χ3v) is 6.96. The molecule has 3 aromatic rings. The van der Waals surface area contributed by atoms with Crippen LogP contribution in [0, 0.1) is 13.8 Å². The van der Waals surface area contributed by atoms with E-state index in [0.29, 0.717) is 28.7 Å². The van der Waals surface area contributed by atoms with Crippen molar-refractivity contribution in [3.63, 3.8) is 0 Å². The van der Waals surface area contributed by atoms with E-state index < -0.39 is 23.3 Å². The van der Waals surface area contributed by atoms with Gasteiger partial charge in [0.15, 0.2) is 10.7 Å². The molecule has 2 aromatic carbocycles. The predicted octanol–water partition coefficient (Wildman–Crippen LogP) is 6.89. The summed E-state index contributed by atoms with van der Waals surface area (Å²) in [4.78, 5) is 16.9. The van der Waals surface area contributed by atoms with E-state index >= 15 is 0 Å². The Morgan fingerprint density at radius 1 is 1.15 bits per heavy atom. The van der Waals surface area contributed by atoms with Crippen LogP contribution in [0.3, 0.4) is 0 Å². The highest BCUT2D eigenvalue weighted by Crippen LogP contribution is 2.33. The standard InChI is InChI=1S/C24H25F3N2O3S2/c1-14-12-20(15(2)11-19(14)32-23(3,4)21(30)31)33-10-9-28-22-29-18(13-34-22)16-5-7-17(8-6-16)24(25,26)27/h5-8,11-13H,9-10H2,1-4H3,(H,28,29)(H,30,31). The van der Waals surface area contributed by atoms with Crippen LogP contribution < -0.4 is 10.1 Å². The van der Waals surface area contributed by atoms with Gasteiger partial charge in [-0.05, 0) is 63.1 Å². The lowest BCUT2D eigenvalue weighted by atomic mass is 10.1. The quantitative estimate of drug-likeness (QED) is 0.241. The van der Waals surface area contributed by atoms with E-state index in [-0.39, 0.29) is 0 Å². The number of nitrogens with one attached hydrogen (secondary N) is 1. The molecule has 3 rings (SSSR count). The summed E-state index contributed by atoms with van der Waals surface area (Å²) in [6.07, 6.45) is -4.36. The van der Waals surface area contributed by atoms with Crippen molar-refractivity contribution in [1.29, 1.82) is 0 Å². The molecule has 0 amide bonds. The smallest absolute Gasteiger partial charge is 0.416 e. The van der Waals surface area contributed by atoms with Crippen molar-refractivity contribution in [2.75, 3.05) is 17.6 Å². The molecule has 1 heterocycles. The van der Waals surface area contributed by atoms with Crippen LogP contribution in [0.1, 0.15) is 30.5 Å². The molecule has 5 nitrogen and oxygen atoms in total. The Balaban J connectivity index is 1.55. The number of thiazole rings is 1. The average Bonchev–Trinajstić information content (AvgIpc) is 3.22. The third-order valence-electron chi connectivity index (χ3n) is 5.00. The molecule has 0 aliphatic heterocycles. The van der Waals surface area contributed by atoms with Crippen LogP contribution in [0.5, 0.6) is 5.75 Å². The maximum Gasteiger partial charge on any atom is 0.416 e. The monoisotopic (exact) mass is 510 g/mol. The number of aryl methyl sites for hydroxylation is 2. The van der Waals surface area contributed by atoms with Crippen molar-refractivity contribution in [2.24, 2.45) is 0 Å². The zero-order valence-corrected chi connectivity index (χ0v) is 20.7. The Kier molecular flexibility index (Phi) is 7.82. The van der Waals surface area contributed by atoms with Crippen LogP contribution in [0.15, 0.2) is 46.7 Å². The Bertz CT molecular complexity index is 1160. The van der Waals surface area contributed by atoms with E-state index in [4.69, 9.17) is 4.74 Å². The highest BCUT2D eigenvalue weighted by Gasteiger charge is 2.31. The van der Waals surface area contributed by atoms with Gasteiger partial charge in [-0.2, -0.15) is 13.2 Å². The number of anilines is 1. The van der Waals surface area contributed by atoms with Gasteiger partial charge in [-0.1, -0.05) is 12.1 Å². The summed E-state index contributed by atoms with van der Waals surface area (Å²) in [6, 6.07) is 8.80. The van der Waals surface area contributed by atoms with E-state index in [1.807, 2.05) is 31.4 Å². The summed E-state index contributed by atoms with van der Waals surface area (Å²) in [5.41, 5.74) is 1.11. The second-order valence-electron chi connectivity index (χ2n) is 8.19. The molecule has 0 aliphatic carbocycles. The highest BCUT2D eigenvalue weighted by molar-refractivity contribution is 7.99. The van der Waals surface area contributed by atoms with Crippen LogP contribution in [0.2, 0.25) is 0 Å². The minimum Gasteiger partial charge on any atom is -0.478 e. The largest absolute Gasteiger partial charge is 0.478 e. The summed E-state index contributed by atoms with van der Waals surface area (Å²) in [7, 11) is 0. The van der Waals surface area contributed by atoms with Gasteiger partial charge < -0.3 is 15.2 Å². The van der Waals surface area contributed by atoms with Crippen molar-refractivity contribution in [3.8, 4) is 17.0 Å². The number of carboxylic acids is 1. The summed E-state index contributed by atoms with van der Waals surface area (Å²) < 4.78 is 43.9. The van der Waals surface area contributed by atoms with Crippen molar-refractivity contribution in [3.05, 3.63) is 58.5 Å². The van der Waals surface area contributed by atoms with E-state index in [9.17, 15) is 23.1 Å². The van der Waals surface area contributed by atoms with Gasteiger partial charge in [0.05, 0.1) is 11.3 Å². The molecule has 34 heavy (non-hydrogen) atoms. The predicted molar refractivity (Wildman–Crippen MR) is 130 cm³/mol. The lowest BCUT2D eigenvalue weighted by Crippen LogP contribution is -2.38. The molecule has 1 aromatic heterocycles. The summed E-state index contributed by atoms with van der Waals surface area (Å²) in [5.74, 6) is 0.278. The molecular weight excluding hydrogens is 485 g/mol. The first-order valence-electron chi connectivity index (χ1n) is 10.4. The number of carbonyl (C=O) groups is 1. The van der Waals surface area contributed by atoms with Crippen LogP contribution in [-0.2, 0) is 11.0 Å². The fourth-order valence-corrected chi connectivity index (χ4v) is 4.70. The fourth-order valence-electron chi connectivity index (χ4n) is 2.98. The number of alkyl halides is 3. The molecule has 0 bridgehead atoms. The number of hydrogen-bond acceptors (Lipinski definition) is 6. The molecule has 0 fully saturated rings. The first kappa shape index (κ1) is 25.9. The Hall–Kier alpha value is -2.72. The number of carboxylic acid groups (broad SMARTS) is 1. The normalized spacial score (nSPS) is 12.0. The van der Waals surface area contributed by atoms with E-state index in [1.165, 1.54) is 37.3 Å². The topological polar surface area (TPSA) is 71.5 Å². The van der Waals surface area contributed by atoms with Crippen molar-refractivity contribution < 1.29 is 27.8 Å². The fraction of sp³-hybridized carbons (Fsp3) is 0.333. The van der Waals surface area contributed by atoms with E-state index in [2.05, 4.69) is 10.3 Å². The number of halogens is 3. The van der Waals surface area contributed by atoms with Crippen molar-refractivity contribution in [1.82, 2.24) is 4.98 Å². The highest BCUT2D eigenvalue weighted by atomic mass is 32.2. The molecule has 0 radical (unpaired) electrons. The maximum absolute atomic E-state index is 12.7. The summed E-state index contributed by atoms with van der Waals surface area (Å²) in [6.45, 7) is 7.51. The van der Waals surface area contributed by atoms with Crippen LogP contribution in [0.25, 0.3) is 11.3 Å². The Labute approximate surface area is 204 Å². The van der Waals surface area contributed by atoms with Gasteiger partial charge in [0.25, 0.3) is 0 Å². The number of nitrogens with zero attached hydrogens (tertiary/aromatic N) is 1. The number of aliphatic carboxylic acids is 1. The SMILES string of the molecule is Cc1cc(SCCNc2nc(-c3ccc(C(F)(F)F)cc3)cs2)c(C)cc1OC(C)(C)C(=O)O. The first-order chi connectivity index (χ1) is 15.9. The van der Waals surface area contributed by atoms with Gasteiger partial charge in [0, 0.05) is 28.1 Å². The number of hydrogen-bond donors (Lipinski definition) is 2. The molecule has 0 saturated carbocycles. The van der Waals surface area contributed by atoms with Gasteiger partial charge in [-0.3, -0.25) is 0 Å². The van der Waals surface area contributed by atoms with E-state index in [0.717, 1.165) is 33.9 Å². The lowest BCUT2D eigenvalue weighted by Gasteiger charge is -2.23. The molecule has 0 unspecified atom stereocenters. The zero-order chi connectivity index (χ0) is 25.1. The van der Waals surface area contributed by atoms with Crippen LogP contribution in [0.4, 0.5) is 18.3 Å². The zero-order valence-electron chi connectivity index (χ0n) is 19.1. The average molecular weight is 511 g/mol. The van der Waals surface area contributed by atoms with Crippen LogP contribution in [-0.4, -0.2) is 34.0 Å². The molecule has 2 N–H and O–H groups in total. The van der Waals surface area contributed by atoms with E-state index in [1.54, 1.807) is 11.8 Å². The number of aromatic nitrogens is 1. The number of thioether (sulfide) groups is 1. The number of benzene rings is 2. The first-order valence-corrected chi connectivity index (χ1v) is 12.3.